The summed E-state index contributed by atoms with van der Waals surface area (Å²) in [5.41, 5.74) is 0.879. The first-order valence-electron chi connectivity index (χ1n) is 8.29. The van der Waals surface area contributed by atoms with Crippen LogP contribution >= 0.6 is 11.8 Å². The van der Waals surface area contributed by atoms with Gasteiger partial charge in [0, 0.05) is 7.05 Å². The average Bonchev–Trinajstić information content (AvgIpc) is 2.96. The van der Waals surface area contributed by atoms with Crippen molar-refractivity contribution in [3.63, 3.8) is 0 Å². The second-order valence-electron chi connectivity index (χ2n) is 5.78. The van der Waals surface area contributed by atoms with Gasteiger partial charge in [-0.1, -0.05) is 12.1 Å². The van der Waals surface area contributed by atoms with Crippen molar-refractivity contribution in [2.24, 2.45) is 4.99 Å². The number of hydrogen-bond donors (Lipinski definition) is 0. The van der Waals surface area contributed by atoms with Crippen molar-refractivity contribution in [2.45, 2.75) is 0 Å². The van der Waals surface area contributed by atoms with Crippen molar-refractivity contribution in [3.05, 3.63) is 52.7 Å². The Bertz CT molecular complexity index is 949. The second-order valence-corrected chi connectivity index (χ2v) is 6.79. The summed E-state index contributed by atoms with van der Waals surface area (Å²) in [4.78, 5) is 18.7. The van der Waals surface area contributed by atoms with Crippen LogP contribution in [-0.2, 0) is 4.79 Å². The Morgan fingerprint density at radius 1 is 1.07 bits per heavy atom. The first kappa shape index (κ1) is 19.8. The summed E-state index contributed by atoms with van der Waals surface area (Å²) in [6.45, 7) is 0. The molecule has 3 rings (SSSR count). The molecule has 1 amide bonds. The highest BCUT2D eigenvalue weighted by Crippen LogP contribution is 2.40. The molecule has 1 aliphatic rings. The van der Waals surface area contributed by atoms with Crippen LogP contribution in [0.4, 0.5) is 10.1 Å². The normalized spacial score (nSPS) is 16.8. The quantitative estimate of drug-likeness (QED) is 0.705. The van der Waals surface area contributed by atoms with E-state index in [-0.39, 0.29) is 11.6 Å². The van der Waals surface area contributed by atoms with Crippen LogP contribution in [0.3, 0.4) is 0 Å². The first-order valence-corrected chi connectivity index (χ1v) is 9.11. The van der Waals surface area contributed by atoms with Gasteiger partial charge in [0.25, 0.3) is 5.91 Å². The minimum absolute atomic E-state index is 0.179. The topological polar surface area (TPSA) is 60.4 Å². The van der Waals surface area contributed by atoms with Crippen molar-refractivity contribution in [1.29, 1.82) is 0 Å². The molecule has 0 N–H and O–H groups in total. The molecule has 0 aliphatic carbocycles. The Hall–Kier alpha value is -3.00. The molecule has 0 spiro atoms. The van der Waals surface area contributed by atoms with E-state index in [2.05, 4.69) is 4.99 Å². The van der Waals surface area contributed by atoms with Gasteiger partial charge in [-0.05, 0) is 47.7 Å². The molecule has 0 saturated carbocycles. The summed E-state index contributed by atoms with van der Waals surface area (Å²) in [6, 6.07) is 9.65. The predicted molar refractivity (Wildman–Crippen MR) is 108 cm³/mol. The van der Waals surface area contributed by atoms with Crippen LogP contribution in [0.25, 0.3) is 6.08 Å². The fourth-order valence-electron chi connectivity index (χ4n) is 2.63. The van der Waals surface area contributed by atoms with Gasteiger partial charge in [-0.2, -0.15) is 0 Å². The molecule has 2 aromatic carbocycles. The van der Waals surface area contributed by atoms with Gasteiger partial charge < -0.3 is 14.2 Å². The van der Waals surface area contributed by atoms with Gasteiger partial charge in [-0.15, -0.1) is 0 Å². The Kier molecular flexibility index (Phi) is 5.89. The highest BCUT2D eigenvalue weighted by atomic mass is 32.2. The Morgan fingerprint density at radius 2 is 1.71 bits per heavy atom. The number of benzene rings is 2. The van der Waals surface area contributed by atoms with Crippen LogP contribution in [-0.4, -0.2) is 44.4 Å². The molecule has 1 aliphatic heterocycles. The average molecular weight is 402 g/mol. The number of carbonyl (C=O) groups is 1. The fraction of sp³-hybridized carbons (Fsp3) is 0.200. The first-order chi connectivity index (χ1) is 13.5. The van der Waals surface area contributed by atoms with Crippen molar-refractivity contribution in [3.8, 4) is 17.2 Å². The molecule has 0 aromatic heterocycles. The van der Waals surface area contributed by atoms with E-state index in [9.17, 15) is 9.18 Å². The minimum Gasteiger partial charge on any atom is -0.493 e. The SMILES string of the molecule is COc1cc(/C=C2/SC(=Nc3ccccc3F)N(C)C2=O)cc(OC)c1OC. The number of rotatable bonds is 5. The molecular formula is C20H19FN2O4S. The third-order valence-electron chi connectivity index (χ3n) is 4.06. The Balaban J connectivity index is 1.97. The van der Waals surface area contributed by atoms with Gasteiger partial charge in [0.2, 0.25) is 5.75 Å². The van der Waals surface area contributed by atoms with Crippen molar-refractivity contribution >= 4 is 34.6 Å². The minimum atomic E-state index is -0.446. The van der Waals surface area contributed by atoms with E-state index in [0.29, 0.717) is 32.9 Å². The number of aliphatic imine (C=N–C) groups is 1. The Labute approximate surface area is 166 Å². The lowest BCUT2D eigenvalue weighted by atomic mass is 10.1. The largest absolute Gasteiger partial charge is 0.493 e. The number of ether oxygens (including phenoxy) is 3. The lowest BCUT2D eigenvalue weighted by Gasteiger charge is -2.13. The number of nitrogens with zero attached hydrogens (tertiary/aromatic N) is 2. The molecule has 146 valence electrons. The smallest absolute Gasteiger partial charge is 0.266 e. The van der Waals surface area contributed by atoms with Gasteiger partial charge in [-0.3, -0.25) is 9.69 Å². The van der Waals surface area contributed by atoms with Gasteiger partial charge in [0.05, 0.1) is 26.2 Å². The van der Waals surface area contributed by atoms with E-state index < -0.39 is 5.82 Å². The fourth-order valence-corrected chi connectivity index (χ4v) is 3.61. The molecule has 0 atom stereocenters. The number of carbonyl (C=O) groups excluding carboxylic acids is 1. The second kappa shape index (κ2) is 8.35. The number of amidine groups is 1. The molecule has 0 unspecified atom stereocenters. The van der Waals surface area contributed by atoms with Crippen LogP contribution in [0, 0.1) is 5.82 Å². The molecule has 0 bridgehead atoms. The third-order valence-corrected chi connectivity index (χ3v) is 5.12. The van der Waals surface area contributed by atoms with Crippen molar-refractivity contribution in [1.82, 2.24) is 4.90 Å². The number of para-hydroxylation sites is 1. The van der Waals surface area contributed by atoms with Crippen LogP contribution < -0.4 is 14.2 Å². The lowest BCUT2D eigenvalue weighted by Crippen LogP contribution is -2.23. The van der Waals surface area contributed by atoms with Crippen LogP contribution in [0.1, 0.15) is 5.56 Å². The summed E-state index contributed by atoms with van der Waals surface area (Å²) in [5.74, 6) is 0.763. The predicted octanol–water partition coefficient (Wildman–Crippen LogP) is 4.09. The van der Waals surface area contributed by atoms with Crippen molar-refractivity contribution in [2.75, 3.05) is 28.4 Å². The third kappa shape index (κ3) is 3.82. The Morgan fingerprint density at radius 3 is 2.29 bits per heavy atom. The summed E-state index contributed by atoms with van der Waals surface area (Å²) in [6.07, 6.45) is 1.71. The van der Waals surface area contributed by atoms with Gasteiger partial charge >= 0.3 is 0 Å². The zero-order valence-electron chi connectivity index (χ0n) is 15.9. The van der Waals surface area contributed by atoms with Crippen LogP contribution in [0.5, 0.6) is 17.2 Å². The molecular weight excluding hydrogens is 383 g/mol. The molecule has 6 nitrogen and oxygen atoms in total. The number of thioether (sulfide) groups is 1. The molecule has 2 aromatic rings. The molecule has 1 heterocycles. The molecule has 0 radical (unpaired) electrons. The number of amides is 1. The summed E-state index contributed by atoms with van der Waals surface area (Å²) >= 11 is 1.17. The number of hydrogen-bond acceptors (Lipinski definition) is 6. The van der Waals surface area contributed by atoms with E-state index in [4.69, 9.17) is 14.2 Å². The highest BCUT2D eigenvalue weighted by Gasteiger charge is 2.30. The van der Waals surface area contributed by atoms with E-state index in [1.165, 1.54) is 44.1 Å². The molecule has 28 heavy (non-hydrogen) atoms. The lowest BCUT2D eigenvalue weighted by molar-refractivity contribution is -0.121. The monoisotopic (exact) mass is 402 g/mol. The highest BCUT2D eigenvalue weighted by molar-refractivity contribution is 8.18. The molecule has 1 fully saturated rings. The standard InChI is InChI=1S/C20H19FN2O4S/c1-23-19(24)17(28-20(23)22-14-8-6-5-7-13(14)21)11-12-9-15(25-2)18(27-4)16(10-12)26-3/h5-11H,1-4H3/b17-11+,22-20?. The van der Waals surface area contributed by atoms with Gasteiger partial charge in [0.15, 0.2) is 16.7 Å². The number of likely N-dealkylation sites (N-methyl/N-ethyl adjacent to an activating group) is 1. The zero-order valence-corrected chi connectivity index (χ0v) is 16.7. The molecule has 8 heteroatoms. The van der Waals surface area contributed by atoms with E-state index in [0.717, 1.165) is 0 Å². The maximum atomic E-state index is 13.9. The number of halogens is 1. The van der Waals surface area contributed by atoms with Gasteiger partial charge in [0.1, 0.15) is 11.5 Å². The number of methoxy groups -OCH3 is 3. The summed E-state index contributed by atoms with van der Waals surface area (Å²) < 4.78 is 29.9. The van der Waals surface area contributed by atoms with E-state index in [1.807, 2.05) is 0 Å². The van der Waals surface area contributed by atoms with E-state index in [1.54, 1.807) is 43.5 Å². The maximum Gasteiger partial charge on any atom is 0.266 e. The maximum absolute atomic E-state index is 13.9. The molecule has 1 saturated heterocycles. The van der Waals surface area contributed by atoms with Crippen LogP contribution in [0.2, 0.25) is 0 Å². The summed E-state index contributed by atoms with van der Waals surface area (Å²) in [5, 5.41) is 0.397. The zero-order chi connectivity index (χ0) is 20.3. The summed E-state index contributed by atoms with van der Waals surface area (Å²) in [7, 11) is 6.17. The van der Waals surface area contributed by atoms with E-state index >= 15 is 0 Å². The van der Waals surface area contributed by atoms with Crippen LogP contribution in [0.15, 0.2) is 46.3 Å². The van der Waals surface area contributed by atoms with Gasteiger partial charge in [-0.25, -0.2) is 9.38 Å². The van der Waals surface area contributed by atoms with Crippen molar-refractivity contribution < 1.29 is 23.4 Å².